The molecule has 7 heteroatoms. The number of anilines is 1. The molecule has 1 aliphatic heterocycles. The second-order valence-electron chi connectivity index (χ2n) is 6.42. The maximum Gasteiger partial charge on any atom is 0.264 e. The maximum absolute atomic E-state index is 13.5. The number of rotatable bonds is 4. The second-order valence-corrected chi connectivity index (χ2v) is 9.09. The van der Waals surface area contributed by atoms with Gasteiger partial charge >= 0.3 is 0 Å². The van der Waals surface area contributed by atoms with Crippen LogP contribution in [-0.2, 0) is 10.0 Å². The number of nitriles is 1. The van der Waals surface area contributed by atoms with Gasteiger partial charge in [-0.1, -0.05) is 18.2 Å². The Morgan fingerprint density at radius 1 is 1.15 bits per heavy atom. The number of para-hydroxylation sites is 1. The molecule has 0 saturated carbocycles. The van der Waals surface area contributed by atoms with Gasteiger partial charge in [0.2, 0.25) is 0 Å². The van der Waals surface area contributed by atoms with Crippen molar-refractivity contribution in [1.82, 2.24) is 4.90 Å². The standard InChI is InChI=1S/C19H20BrN3O2S/c1-22-11-9-17(10-12-22)23(16-5-3-2-4-6-16)26(24,25)18-8-7-15(14-21)19(20)13-18/h2-8,13,17H,9-12H2,1H3. The van der Waals surface area contributed by atoms with Crippen LogP contribution in [0.3, 0.4) is 0 Å². The van der Waals surface area contributed by atoms with Crippen LogP contribution in [-0.4, -0.2) is 39.5 Å². The molecule has 0 amide bonds. The van der Waals surface area contributed by atoms with Gasteiger partial charge in [0.25, 0.3) is 10.0 Å². The summed E-state index contributed by atoms with van der Waals surface area (Å²) in [6, 6.07) is 15.7. The van der Waals surface area contributed by atoms with E-state index in [1.807, 2.05) is 36.4 Å². The van der Waals surface area contributed by atoms with E-state index >= 15 is 0 Å². The molecule has 0 spiro atoms. The summed E-state index contributed by atoms with van der Waals surface area (Å²) in [5, 5.41) is 9.08. The zero-order chi connectivity index (χ0) is 18.7. The van der Waals surface area contributed by atoms with Crippen molar-refractivity contribution in [3.8, 4) is 6.07 Å². The highest BCUT2D eigenvalue weighted by molar-refractivity contribution is 9.10. The number of benzene rings is 2. The van der Waals surface area contributed by atoms with Crippen LogP contribution in [0.4, 0.5) is 5.69 Å². The Hall–Kier alpha value is -1.88. The Labute approximate surface area is 163 Å². The van der Waals surface area contributed by atoms with Crippen LogP contribution in [0, 0.1) is 11.3 Å². The normalized spacial score (nSPS) is 16.2. The summed E-state index contributed by atoms with van der Waals surface area (Å²) in [7, 11) is -1.69. The molecule has 2 aromatic carbocycles. The summed E-state index contributed by atoms with van der Waals surface area (Å²) in [4.78, 5) is 2.40. The van der Waals surface area contributed by atoms with E-state index < -0.39 is 10.0 Å². The predicted octanol–water partition coefficient (Wildman–Crippen LogP) is 3.61. The largest absolute Gasteiger partial charge is 0.306 e. The Kier molecular flexibility index (Phi) is 5.66. The monoisotopic (exact) mass is 433 g/mol. The summed E-state index contributed by atoms with van der Waals surface area (Å²) in [6.07, 6.45) is 1.56. The summed E-state index contributed by atoms with van der Waals surface area (Å²) in [5.41, 5.74) is 1.08. The van der Waals surface area contributed by atoms with Crippen molar-refractivity contribution in [3.05, 3.63) is 58.6 Å². The third-order valence-electron chi connectivity index (χ3n) is 4.65. The Bertz CT molecular complexity index is 918. The van der Waals surface area contributed by atoms with Gasteiger partial charge in [-0.15, -0.1) is 0 Å². The minimum atomic E-state index is -3.74. The highest BCUT2D eigenvalue weighted by atomic mass is 79.9. The molecule has 0 bridgehead atoms. The van der Waals surface area contributed by atoms with Crippen molar-refractivity contribution >= 4 is 31.6 Å². The molecule has 0 N–H and O–H groups in total. The van der Waals surface area contributed by atoms with Crippen molar-refractivity contribution in [2.24, 2.45) is 0 Å². The number of likely N-dealkylation sites (tertiary alicyclic amines) is 1. The van der Waals surface area contributed by atoms with Crippen molar-refractivity contribution < 1.29 is 8.42 Å². The molecular formula is C19H20BrN3O2S. The molecule has 0 atom stereocenters. The molecule has 1 saturated heterocycles. The van der Waals surface area contributed by atoms with Crippen LogP contribution in [0.2, 0.25) is 0 Å². The van der Waals surface area contributed by atoms with E-state index in [0.29, 0.717) is 15.7 Å². The molecule has 3 rings (SSSR count). The quantitative estimate of drug-likeness (QED) is 0.738. The second kappa shape index (κ2) is 7.78. The average Bonchev–Trinajstić information content (AvgIpc) is 2.64. The number of hydrogen-bond acceptors (Lipinski definition) is 4. The van der Waals surface area contributed by atoms with Crippen LogP contribution < -0.4 is 4.31 Å². The fourth-order valence-corrected chi connectivity index (χ4v) is 5.57. The summed E-state index contributed by atoms with van der Waals surface area (Å²) in [5.74, 6) is 0. The molecule has 0 aromatic heterocycles. The van der Waals surface area contributed by atoms with Gasteiger partial charge in [-0.3, -0.25) is 4.31 Å². The van der Waals surface area contributed by atoms with E-state index in [9.17, 15) is 8.42 Å². The number of hydrogen-bond donors (Lipinski definition) is 0. The van der Waals surface area contributed by atoms with E-state index in [1.165, 1.54) is 18.2 Å². The van der Waals surface area contributed by atoms with E-state index in [2.05, 4.69) is 27.9 Å². The molecule has 1 fully saturated rings. The minimum absolute atomic E-state index is 0.0898. The first-order valence-electron chi connectivity index (χ1n) is 8.41. The first-order chi connectivity index (χ1) is 12.4. The molecule has 136 valence electrons. The average molecular weight is 434 g/mol. The lowest BCUT2D eigenvalue weighted by Crippen LogP contribution is -2.46. The van der Waals surface area contributed by atoms with Crippen molar-refractivity contribution in [2.75, 3.05) is 24.4 Å². The van der Waals surface area contributed by atoms with Crippen LogP contribution in [0.15, 0.2) is 57.9 Å². The fraction of sp³-hybridized carbons (Fsp3) is 0.316. The van der Waals surface area contributed by atoms with E-state index in [-0.39, 0.29) is 10.9 Å². The molecule has 0 unspecified atom stereocenters. The molecule has 2 aromatic rings. The lowest BCUT2D eigenvalue weighted by atomic mass is 10.1. The third-order valence-corrected chi connectivity index (χ3v) is 7.18. The lowest BCUT2D eigenvalue weighted by Gasteiger charge is -2.37. The minimum Gasteiger partial charge on any atom is -0.306 e. The van der Waals surface area contributed by atoms with Gasteiger partial charge < -0.3 is 4.90 Å². The molecule has 0 aliphatic carbocycles. The molecular weight excluding hydrogens is 414 g/mol. The zero-order valence-corrected chi connectivity index (χ0v) is 16.9. The summed E-state index contributed by atoms with van der Waals surface area (Å²) in [6.45, 7) is 1.72. The Morgan fingerprint density at radius 2 is 1.81 bits per heavy atom. The lowest BCUT2D eigenvalue weighted by molar-refractivity contribution is 0.257. The Balaban J connectivity index is 2.06. The van der Waals surface area contributed by atoms with Gasteiger partial charge in [0.15, 0.2) is 0 Å². The first kappa shape index (κ1) is 18.9. The fourth-order valence-electron chi connectivity index (χ4n) is 3.21. The SMILES string of the molecule is CN1CCC(N(c2ccccc2)S(=O)(=O)c2ccc(C#N)c(Br)c2)CC1. The van der Waals surface area contributed by atoms with Gasteiger partial charge in [-0.25, -0.2) is 8.42 Å². The van der Waals surface area contributed by atoms with Gasteiger partial charge in [0, 0.05) is 10.5 Å². The van der Waals surface area contributed by atoms with Crippen molar-refractivity contribution in [1.29, 1.82) is 5.26 Å². The van der Waals surface area contributed by atoms with Crippen molar-refractivity contribution in [3.63, 3.8) is 0 Å². The highest BCUT2D eigenvalue weighted by Gasteiger charge is 2.33. The first-order valence-corrected chi connectivity index (χ1v) is 10.6. The summed E-state index contributed by atoms with van der Waals surface area (Å²) >= 11 is 3.30. The van der Waals surface area contributed by atoms with E-state index in [4.69, 9.17) is 5.26 Å². The smallest absolute Gasteiger partial charge is 0.264 e. The molecule has 1 aliphatic rings. The molecule has 26 heavy (non-hydrogen) atoms. The Morgan fingerprint density at radius 3 is 2.38 bits per heavy atom. The number of halogens is 1. The number of piperidine rings is 1. The molecule has 1 heterocycles. The van der Waals surface area contributed by atoms with Gasteiger partial charge in [-0.05, 0) is 79.2 Å². The maximum atomic E-state index is 13.5. The third kappa shape index (κ3) is 3.78. The van der Waals surface area contributed by atoms with Crippen LogP contribution in [0.1, 0.15) is 18.4 Å². The number of sulfonamides is 1. The van der Waals surface area contributed by atoms with Gasteiger partial charge in [0.05, 0.1) is 16.1 Å². The van der Waals surface area contributed by atoms with Crippen molar-refractivity contribution in [2.45, 2.75) is 23.8 Å². The topological polar surface area (TPSA) is 64.4 Å². The van der Waals surface area contributed by atoms with Gasteiger partial charge in [0.1, 0.15) is 6.07 Å². The number of nitrogens with zero attached hydrogens (tertiary/aromatic N) is 3. The molecule has 5 nitrogen and oxygen atoms in total. The molecule has 0 radical (unpaired) electrons. The van der Waals surface area contributed by atoms with Crippen LogP contribution >= 0.6 is 15.9 Å². The summed E-state index contributed by atoms with van der Waals surface area (Å²) < 4.78 is 29.0. The van der Waals surface area contributed by atoms with E-state index in [1.54, 1.807) is 4.31 Å². The predicted molar refractivity (Wildman–Crippen MR) is 105 cm³/mol. The van der Waals surface area contributed by atoms with Gasteiger partial charge in [-0.2, -0.15) is 5.26 Å². The van der Waals surface area contributed by atoms with Crippen LogP contribution in [0.5, 0.6) is 0 Å². The van der Waals surface area contributed by atoms with E-state index in [0.717, 1.165) is 25.9 Å². The van der Waals surface area contributed by atoms with Crippen LogP contribution in [0.25, 0.3) is 0 Å². The highest BCUT2D eigenvalue weighted by Crippen LogP contribution is 2.31. The zero-order valence-electron chi connectivity index (χ0n) is 14.5.